The minimum absolute atomic E-state index is 0.181. The van der Waals surface area contributed by atoms with Gasteiger partial charge in [0.1, 0.15) is 0 Å². The first-order valence-corrected chi connectivity index (χ1v) is 7.14. The summed E-state index contributed by atoms with van der Waals surface area (Å²) in [5, 5.41) is 3.74. The van der Waals surface area contributed by atoms with E-state index in [4.69, 9.17) is 0 Å². The highest BCUT2D eigenvalue weighted by molar-refractivity contribution is 5.82. The topological polar surface area (TPSA) is 44.7 Å². The lowest BCUT2D eigenvalue weighted by Crippen LogP contribution is -2.33. The Bertz CT molecular complexity index is 514. The Labute approximate surface area is 122 Å². The summed E-state index contributed by atoms with van der Waals surface area (Å²) in [5.74, 6) is -2.02. The first kappa shape index (κ1) is 15.6. The second-order valence-electron chi connectivity index (χ2n) is 5.12. The SMILES string of the molecule is O=C(CCN1CCCCC1)N/N=C/c1ccc(F)c(F)c1. The molecule has 0 atom stereocenters. The Morgan fingerprint density at radius 1 is 1.24 bits per heavy atom. The lowest BCUT2D eigenvalue weighted by atomic mass is 10.1. The zero-order valence-electron chi connectivity index (χ0n) is 11.8. The summed E-state index contributed by atoms with van der Waals surface area (Å²) in [7, 11) is 0. The fraction of sp³-hybridized carbons (Fsp3) is 0.467. The van der Waals surface area contributed by atoms with Crippen molar-refractivity contribution in [2.45, 2.75) is 25.7 Å². The number of rotatable bonds is 5. The number of hydrogen-bond acceptors (Lipinski definition) is 3. The van der Waals surface area contributed by atoms with E-state index in [2.05, 4.69) is 15.4 Å². The van der Waals surface area contributed by atoms with E-state index in [1.165, 1.54) is 31.5 Å². The number of halogens is 2. The molecule has 0 aliphatic carbocycles. The Morgan fingerprint density at radius 2 is 2.00 bits per heavy atom. The van der Waals surface area contributed by atoms with Crippen LogP contribution in [0.25, 0.3) is 0 Å². The van der Waals surface area contributed by atoms with Crippen LogP contribution in [0.15, 0.2) is 23.3 Å². The van der Waals surface area contributed by atoms with Crippen LogP contribution in [0.4, 0.5) is 8.78 Å². The fourth-order valence-electron chi connectivity index (χ4n) is 2.27. The monoisotopic (exact) mass is 295 g/mol. The molecular formula is C15H19F2N3O. The highest BCUT2D eigenvalue weighted by Crippen LogP contribution is 2.08. The zero-order valence-corrected chi connectivity index (χ0v) is 11.8. The third kappa shape index (κ3) is 5.23. The number of nitrogens with one attached hydrogen (secondary N) is 1. The van der Waals surface area contributed by atoms with Crippen LogP contribution in [0.5, 0.6) is 0 Å². The Balaban J connectivity index is 1.72. The molecule has 4 nitrogen and oxygen atoms in total. The molecule has 1 saturated heterocycles. The summed E-state index contributed by atoms with van der Waals surface area (Å²) in [6, 6.07) is 3.44. The molecule has 0 bridgehead atoms. The minimum Gasteiger partial charge on any atom is -0.303 e. The average Bonchev–Trinajstić information content (AvgIpc) is 2.50. The average molecular weight is 295 g/mol. The second kappa shape index (κ2) is 7.83. The maximum absolute atomic E-state index is 13.0. The van der Waals surface area contributed by atoms with Gasteiger partial charge in [-0.2, -0.15) is 5.10 Å². The summed E-state index contributed by atoms with van der Waals surface area (Å²) in [6.07, 6.45) is 5.32. The van der Waals surface area contributed by atoms with Gasteiger partial charge in [-0.25, -0.2) is 14.2 Å². The summed E-state index contributed by atoms with van der Waals surface area (Å²) >= 11 is 0. The van der Waals surface area contributed by atoms with E-state index in [0.29, 0.717) is 12.0 Å². The van der Waals surface area contributed by atoms with E-state index in [9.17, 15) is 13.6 Å². The quantitative estimate of drug-likeness (QED) is 0.669. The van der Waals surface area contributed by atoms with Crippen LogP contribution in [0.2, 0.25) is 0 Å². The highest BCUT2D eigenvalue weighted by Gasteiger charge is 2.11. The van der Waals surface area contributed by atoms with Crippen molar-refractivity contribution in [3.8, 4) is 0 Å². The van der Waals surface area contributed by atoms with Gasteiger partial charge in [-0.15, -0.1) is 0 Å². The van der Waals surface area contributed by atoms with E-state index in [0.717, 1.165) is 31.8 Å². The van der Waals surface area contributed by atoms with Crippen molar-refractivity contribution in [3.05, 3.63) is 35.4 Å². The number of hydrogen-bond donors (Lipinski definition) is 1. The van der Waals surface area contributed by atoms with Gasteiger partial charge in [0.15, 0.2) is 11.6 Å². The molecule has 1 heterocycles. The number of carbonyl (C=O) groups excluding carboxylic acids is 1. The molecule has 0 unspecified atom stereocenters. The van der Waals surface area contributed by atoms with Gasteiger partial charge in [0, 0.05) is 13.0 Å². The van der Waals surface area contributed by atoms with E-state index in [1.54, 1.807) is 0 Å². The van der Waals surface area contributed by atoms with Crippen molar-refractivity contribution in [3.63, 3.8) is 0 Å². The summed E-state index contributed by atoms with van der Waals surface area (Å²) in [5.41, 5.74) is 2.79. The van der Waals surface area contributed by atoms with Crippen molar-refractivity contribution < 1.29 is 13.6 Å². The molecule has 1 amide bonds. The Kier molecular flexibility index (Phi) is 5.80. The van der Waals surface area contributed by atoms with E-state index in [-0.39, 0.29) is 5.91 Å². The number of piperidine rings is 1. The van der Waals surface area contributed by atoms with Gasteiger partial charge in [-0.05, 0) is 43.6 Å². The molecule has 0 aromatic heterocycles. The fourth-order valence-corrected chi connectivity index (χ4v) is 2.27. The van der Waals surface area contributed by atoms with Crippen LogP contribution in [-0.2, 0) is 4.79 Å². The van der Waals surface area contributed by atoms with Gasteiger partial charge in [0.2, 0.25) is 5.91 Å². The number of benzene rings is 1. The second-order valence-corrected chi connectivity index (χ2v) is 5.12. The molecule has 0 radical (unpaired) electrons. The number of carbonyl (C=O) groups is 1. The third-order valence-corrected chi connectivity index (χ3v) is 3.45. The predicted octanol–water partition coefficient (Wildman–Crippen LogP) is 2.29. The largest absolute Gasteiger partial charge is 0.303 e. The van der Waals surface area contributed by atoms with E-state index < -0.39 is 11.6 Å². The first-order valence-electron chi connectivity index (χ1n) is 7.14. The molecule has 1 aromatic carbocycles. The Morgan fingerprint density at radius 3 is 2.71 bits per heavy atom. The van der Waals surface area contributed by atoms with Crippen molar-refractivity contribution in [2.24, 2.45) is 5.10 Å². The smallest absolute Gasteiger partial charge is 0.241 e. The van der Waals surface area contributed by atoms with E-state index in [1.807, 2.05) is 0 Å². The molecule has 6 heteroatoms. The molecule has 1 N–H and O–H groups in total. The molecule has 1 aliphatic rings. The zero-order chi connectivity index (χ0) is 15.1. The van der Waals surface area contributed by atoms with Crippen molar-refractivity contribution >= 4 is 12.1 Å². The van der Waals surface area contributed by atoms with Crippen LogP contribution < -0.4 is 5.43 Å². The molecule has 1 aromatic rings. The first-order chi connectivity index (χ1) is 10.1. The van der Waals surface area contributed by atoms with Gasteiger partial charge < -0.3 is 4.90 Å². The summed E-state index contributed by atoms with van der Waals surface area (Å²) < 4.78 is 25.7. The van der Waals surface area contributed by atoms with Gasteiger partial charge >= 0.3 is 0 Å². The maximum Gasteiger partial charge on any atom is 0.241 e. The van der Waals surface area contributed by atoms with Crippen molar-refractivity contribution in [1.82, 2.24) is 10.3 Å². The van der Waals surface area contributed by atoms with E-state index >= 15 is 0 Å². The molecule has 1 aliphatic heterocycles. The molecule has 21 heavy (non-hydrogen) atoms. The van der Waals surface area contributed by atoms with Gasteiger partial charge in [-0.3, -0.25) is 4.79 Å². The molecule has 2 rings (SSSR count). The van der Waals surface area contributed by atoms with Crippen LogP contribution in [0, 0.1) is 11.6 Å². The molecule has 0 spiro atoms. The van der Waals surface area contributed by atoms with Gasteiger partial charge in [-0.1, -0.05) is 12.5 Å². The van der Waals surface area contributed by atoms with Crippen LogP contribution in [0.1, 0.15) is 31.2 Å². The highest BCUT2D eigenvalue weighted by atomic mass is 19.2. The molecular weight excluding hydrogens is 276 g/mol. The summed E-state index contributed by atoms with van der Waals surface area (Å²) in [4.78, 5) is 13.9. The number of likely N-dealkylation sites (tertiary alicyclic amines) is 1. The molecule has 114 valence electrons. The van der Waals surface area contributed by atoms with Crippen molar-refractivity contribution in [2.75, 3.05) is 19.6 Å². The standard InChI is InChI=1S/C15H19F2N3O/c16-13-5-4-12(10-14(13)17)11-18-19-15(21)6-9-20-7-2-1-3-8-20/h4-5,10-11H,1-3,6-9H2,(H,19,21)/b18-11+. The normalized spacial score (nSPS) is 16.3. The lowest BCUT2D eigenvalue weighted by molar-refractivity contribution is -0.121. The van der Waals surface area contributed by atoms with Gasteiger partial charge in [0.25, 0.3) is 0 Å². The van der Waals surface area contributed by atoms with Gasteiger partial charge in [0.05, 0.1) is 6.21 Å². The third-order valence-electron chi connectivity index (χ3n) is 3.45. The minimum atomic E-state index is -0.935. The predicted molar refractivity (Wildman–Crippen MR) is 77.0 cm³/mol. The molecule has 0 saturated carbocycles. The number of amides is 1. The van der Waals surface area contributed by atoms with Crippen LogP contribution >= 0.6 is 0 Å². The number of hydrazone groups is 1. The van der Waals surface area contributed by atoms with Crippen molar-refractivity contribution in [1.29, 1.82) is 0 Å². The lowest BCUT2D eigenvalue weighted by Gasteiger charge is -2.25. The maximum atomic E-state index is 13.0. The van der Waals surface area contributed by atoms with Crippen LogP contribution in [0.3, 0.4) is 0 Å². The number of nitrogens with zero attached hydrogens (tertiary/aromatic N) is 2. The van der Waals surface area contributed by atoms with Crippen LogP contribution in [-0.4, -0.2) is 36.7 Å². The summed E-state index contributed by atoms with van der Waals surface area (Å²) in [6.45, 7) is 2.82. The Hall–Kier alpha value is -1.82. The molecule has 1 fully saturated rings.